The molecule has 16 aromatic rings. The SMILES string of the molecule is O=C(O)c1ccc(COc2cc(COc3cc(OCc4cc(OCc5ccc(C(=O)O)cc5)cc(OCc5ccc(C(=O)O)cc5)c4)cc(-c4ccc5c(c4)Cc4cc(-c6cc(OCc7cc(OCc8ccc(C(=O)O)cc8)cc(OCc8ccc(C(=O)O)cc8)c7)cc(OCc7cc(OCc8ccc(C(=O)O)cc8)cc(OCc8ccc(C(=O)O)cc8)c7)c6)ccc4-5)c3)cc(OCc3ccc(C(=O)O)cc3)c2)cc1. The highest BCUT2D eigenvalue weighted by molar-refractivity contribution is 5.92. The first-order valence-electron chi connectivity index (χ1n) is 45.5. The molecule has 0 heterocycles. The molecule has 8 N–H and O–H groups in total. The molecule has 0 saturated carbocycles. The summed E-state index contributed by atoms with van der Waals surface area (Å²) in [7, 11) is 0. The lowest BCUT2D eigenvalue weighted by Crippen LogP contribution is -2.03. The third-order valence-electron chi connectivity index (χ3n) is 23.5. The standard InChI is InChI=1S/C117H90O28/c118-110(119)82-17-1-70(2-18-82)58-134-96-37-78(38-97(52-96)135-59-71-3-19-83(20-4-71)111(120)121)66-142-104-48-92(49-105(56-104)143-67-79-39-98(136-60-72-5-21-84(22-6-72)112(122)123)53-99(40-79)137-61-73-7-23-85(24-8-73)113(124)125)90-33-35-108-94(45-90)47-95-46-91(34-36-109(95)108)93-50-106(144-68-80-41-100(138-62-74-9-25-86(26-10-74)114(126)127)54-101(42-80)139-63-75-11-27-87(28-12-75)115(128)129)57-107(51-93)145-69-81-43-102(140-64-76-13-29-88(30-14-76)116(130)131)55-103(44-81)141-65-77-15-31-89(32-16-77)117(132)133/h1-46,48-57H,47,58-69H2,(H,118,119)(H,120,121)(H,122,123)(H,124,125)(H,126,127)(H,128,129)(H,130,131)(H,132,133). The Morgan fingerprint density at radius 3 is 0.434 bits per heavy atom. The van der Waals surface area contributed by atoms with Crippen LogP contribution in [0.4, 0.5) is 0 Å². The monoisotopic (exact) mass is 1940 g/mol. The van der Waals surface area contributed by atoms with Crippen molar-refractivity contribution in [3.63, 3.8) is 0 Å². The van der Waals surface area contributed by atoms with Gasteiger partial charge in [-0.3, -0.25) is 0 Å². The number of rotatable bonds is 46. The molecule has 16 aromatic carbocycles. The Morgan fingerprint density at radius 1 is 0.152 bits per heavy atom. The van der Waals surface area contributed by atoms with Gasteiger partial charge in [0.15, 0.2) is 0 Å². The zero-order chi connectivity index (χ0) is 101. The summed E-state index contributed by atoms with van der Waals surface area (Å²) in [4.78, 5) is 94.1. The normalized spacial score (nSPS) is 11.1. The van der Waals surface area contributed by atoms with Crippen molar-refractivity contribution in [2.24, 2.45) is 0 Å². The number of ether oxygens (including phenoxy) is 12. The number of benzene rings is 16. The predicted molar refractivity (Wildman–Crippen MR) is 531 cm³/mol. The van der Waals surface area contributed by atoms with E-state index in [9.17, 15) is 79.2 Å². The van der Waals surface area contributed by atoms with E-state index in [4.69, 9.17) is 56.8 Å². The molecule has 0 saturated heterocycles. The average Bonchev–Trinajstić information content (AvgIpc) is 1.60. The Bertz CT molecular complexity index is 6340. The van der Waals surface area contributed by atoms with E-state index in [1.165, 1.54) is 97.1 Å². The molecule has 0 fully saturated rings. The number of hydrogen-bond donors (Lipinski definition) is 8. The van der Waals surface area contributed by atoms with Crippen molar-refractivity contribution in [2.45, 2.75) is 85.7 Å². The van der Waals surface area contributed by atoms with Crippen LogP contribution < -0.4 is 56.8 Å². The number of aromatic carboxylic acids is 8. The fourth-order valence-electron chi connectivity index (χ4n) is 15.9. The molecule has 0 atom stereocenters. The summed E-state index contributed by atoms with van der Waals surface area (Å²) < 4.78 is 78.2. The molecular weight excluding hydrogens is 1850 g/mol. The van der Waals surface area contributed by atoms with Crippen LogP contribution in [0, 0.1) is 0 Å². The van der Waals surface area contributed by atoms with E-state index in [0.29, 0.717) is 153 Å². The van der Waals surface area contributed by atoms with Crippen molar-refractivity contribution >= 4 is 47.8 Å². The van der Waals surface area contributed by atoms with Crippen LogP contribution in [0.25, 0.3) is 33.4 Å². The maximum absolute atomic E-state index is 11.8. The lowest BCUT2D eigenvalue weighted by atomic mass is 9.97. The molecule has 0 amide bonds. The van der Waals surface area contributed by atoms with Crippen molar-refractivity contribution in [3.8, 4) is 102 Å². The van der Waals surface area contributed by atoms with Crippen LogP contribution >= 0.6 is 0 Å². The van der Waals surface area contributed by atoms with E-state index >= 15 is 0 Å². The van der Waals surface area contributed by atoms with E-state index in [1.807, 2.05) is 36.4 Å². The number of hydrogen-bond acceptors (Lipinski definition) is 20. The first-order valence-corrected chi connectivity index (χ1v) is 45.5. The smallest absolute Gasteiger partial charge is 0.335 e. The molecule has 0 unspecified atom stereocenters. The lowest BCUT2D eigenvalue weighted by Gasteiger charge is -2.16. The zero-order valence-corrected chi connectivity index (χ0v) is 77.3. The van der Waals surface area contributed by atoms with E-state index in [0.717, 1.165) is 33.4 Å². The van der Waals surface area contributed by atoms with Crippen LogP contribution in [0.1, 0.15) is 161 Å². The Balaban J connectivity index is 0.691. The van der Waals surface area contributed by atoms with Gasteiger partial charge in [0.05, 0.1) is 44.5 Å². The van der Waals surface area contributed by atoms with Gasteiger partial charge >= 0.3 is 47.8 Å². The van der Waals surface area contributed by atoms with Gasteiger partial charge in [0.2, 0.25) is 0 Å². The van der Waals surface area contributed by atoms with Gasteiger partial charge in [-0.25, -0.2) is 38.4 Å². The Morgan fingerprint density at radius 2 is 0.290 bits per heavy atom. The fourth-order valence-corrected chi connectivity index (χ4v) is 15.9. The summed E-state index contributed by atoms with van der Waals surface area (Å²) in [6.45, 7) is 0.328. The van der Waals surface area contributed by atoms with Gasteiger partial charge < -0.3 is 97.7 Å². The van der Waals surface area contributed by atoms with Crippen molar-refractivity contribution in [1.82, 2.24) is 0 Å². The molecule has 1 aliphatic rings. The number of carbonyl (C=O) groups is 8. The molecule has 28 heteroatoms. The van der Waals surface area contributed by atoms with Gasteiger partial charge in [0, 0.05) is 36.4 Å². The minimum absolute atomic E-state index is 0.0409. The van der Waals surface area contributed by atoms with Crippen molar-refractivity contribution in [1.29, 1.82) is 0 Å². The largest absolute Gasteiger partial charge is 0.489 e. The van der Waals surface area contributed by atoms with Crippen LogP contribution in [0.5, 0.6) is 69.0 Å². The maximum atomic E-state index is 11.8. The third-order valence-corrected chi connectivity index (χ3v) is 23.5. The number of carboxylic acid groups (broad SMARTS) is 8. The summed E-state index contributed by atoms with van der Waals surface area (Å²) in [5, 5.41) is 77.0. The number of fused-ring (bicyclic) bond motifs is 3. The molecule has 0 radical (unpaired) electrons. The van der Waals surface area contributed by atoms with E-state index in [2.05, 4.69) is 24.3 Å². The second-order valence-corrected chi connectivity index (χ2v) is 34.0. The van der Waals surface area contributed by atoms with Gasteiger partial charge in [-0.2, -0.15) is 0 Å². The molecular formula is C117H90O28. The maximum Gasteiger partial charge on any atom is 0.335 e. The summed E-state index contributed by atoms with van der Waals surface area (Å²) in [5.74, 6) is -3.85. The highest BCUT2D eigenvalue weighted by Gasteiger charge is 2.24. The molecule has 726 valence electrons. The van der Waals surface area contributed by atoms with Crippen LogP contribution in [-0.2, 0) is 85.7 Å². The molecule has 0 aromatic heterocycles. The van der Waals surface area contributed by atoms with Crippen molar-refractivity contribution in [2.75, 3.05) is 0 Å². The highest BCUT2D eigenvalue weighted by atomic mass is 16.5. The number of carboxylic acids is 8. The molecule has 0 spiro atoms. The summed E-state index contributed by atoms with van der Waals surface area (Å²) in [6.07, 6.45) is 0.494. The Labute approximate surface area is 829 Å². The minimum atomic E-state index is -1.07. The second-order valence-electron chi connectivity index (χ2n) is 34.0. The van der Waals surface area contributed by atoms with Gasteiger partial charge in [0.1, 0.15) is 148 Å². The van der Waals surface area contributed by atoms with Crippen LogP contribution in [-0.4, -0.2) is 88.6 Å². The topological polar surface area (TPSA) is 409 Å². The van der Waals surface area contributed by atoms with Crippen LogP contribution in [0.2, 0.25) is 0 Å². The summed E-state index contributed by atoms with van der Waals surface area (Å²) in [6, 6.07) is 95.3. The molecule has 17 rings (SSSR count). The minimum Gasteiger partial charge on any atom is -0.489 e. The average molecular weight is 1940 g/mol. The Hall–Kier alpha value is -19.1. The van der Waals surface area contributed by atoms with Crippen molar-refractivity contribution < 1.29 is 136 Å². The van der Waals surface area contributed by atoms with Gasteiger partial charge in [-0.15, -0.1) is 0 Å². The second kappa shape index (κ2) is 45.2. The van der Waals surface area contributed by atoms with E-state index in [1.54, 1.807) is 182 Å². The molecule has 28 nitrogen and oxygen atoms in total. The fraction of sp³-hybridized carbons (Fsp3) is 0.111. The summed E-state index contributed by atoms with van der Waals surface area (Å²) in [5.41, 5.74) is 15.9. The molecule has 0 aliphatic heterocycles. The Kier molecular flexibility index (Phi) is 30.4. The van der Waals surface area contributed by atoms with Gasteiger partial charge in [-0.05, 0) is 288 Å². The first-order chi connectivity index (χ1) is 70.2. The third kappa shape index (κ3) is 26.5. The summed E-state index contributed by atoms with van der Waals surface area (Å²) >= 11 is 0. The lowest BCUT2D eigenvalue weighted by molar-refractivity contribution is 0.0686. The zero-order valence-electron chi connectivity index (χ0n) is 77.3. The van der Waals surface area contributed by atoms with Crippen molar-refractivity contribution in [3.05, 3.63) is 462 Å². The van der Waals surface area contributed by atoms with Gasteiger partial charge in [-0.1, -0.05) is 133 Å². The first kappa shape index (κ1) is 97.5. The quantitative estimate of drug-likeness (QED) is 0.0176. The molecule has 1 aliphatic carbocycles. The molecule has 145 heavy (non-hydrogen) atoms. The van der Waals surface area contributed by atoms with Crippen LogP contribution in [0.3, 0.4) is 0 Å². The van der Waals surface area contributed by atoms with Gasteiger partial charge in [0.25, 0.3) is 0 Å². The molecule has 0 bridgehead atoms. The highest BCUT2D eigenvalue weighted by Crippen LogP contribution is 2.44. The van der Waals surface area contributed by atoms with Crippen LogP contribution in [0.15, 0.2) is 340 Å². The predicted octanol–water partition coefficient (Wildman–Crippen LogP) is 23.1. The van der Waals surface area contributed by atoms with E-state index < -0.39 is 47.8 Å². The van der Waals surface area contributed by atoms with E-state index in [-0.39, 0.29) is 124 Å².